The Kier molecular flexibility index (Phi) is 5.60. The molecule has 1 aliphatic rings. The molecule has 0 radical (unpaired) electrons. The number of nitrogens with one attached hydrogen (secondary N) is 2. The molecule has 25 heavy (non-hydrogen) atoms. The largest absolute Gasteiger partial charge is 0.344 e. The number of fused-ring (bicyclic) bond motifs is 1. The van der Waals surface area contributed by atoms with E-state index in [0.29, 0.717) is 11.3 Å². The van der Waals surface area contributed by atoms with E-state index in [-0.39, 0.29) is 17.9 Å². The highest BCUT2D eigenvalue weighted by molar-refractivity contribution is 9.10. The molecule has 3 rings (SSSR count). The lowest BCUT2D eigenvalue weighted by atomic mass is 10.0. The van der Waals surface area contributed by atoms with Crippen LogP contribution in [0.25, 0.3) is 0 Å². The lowest BCUT2D eigenvalue weighted by Crippen LogP contribution is -2.32. The van der Waals surface area contributed by atoms with Gasteiger partial charge >= 0.3 is 0 Å². The average Bonchev–Trinajstić information content (AvgIpc) is 2.62. The second-order valence-electron chi connectivity index (χ2n) is 5.66. The quantitative estimate of drug-likeness (QED) is 0.730. The number of thioether (sulfide) groups is 1. The summed E-state index contributed by atoms with van der Waals surface area (Å²) in [5.74, 6) is 1.33. The zero-order valence-corrected chi connectivity index (χ0v) is 15.8. The van der Waals surface area contributed by atoms with Crippen molar-refractivity contribution in [3.05, 3.63) is 76.3 Å². The Morgan fingerprint density at radius 3 is 2.88 bits per heavy atom. The lowest BCUT2D eigenvalue weighted by molar-refractivity contribution is -0.111. The molecule has 2 aromatic carbocycles. The van der Waals surface area contributed by atoms with Crippen LogP contribution in [-0.2, 0) is 10.5 Å². The van der Waals surface area contributed by atoms with Crippen LogP contribution in [0.15, 0.2) is 59.6 Å². The molecule has 2 aromatic rings. The Bertz CT molecular complexity index is 838. The summed E-state index contributed by atoms with van der Waals surface area (Å²) < 4.78 is 1.01. The van der Waals surface area contributed by atoms with Gasteiger partial charge in [-0.15, -0.1) is 0 Å². The topological polar surface area (TPSA) is 58.2 Å². The standard InChI is InChI=1S/C19H17BrN2O2S/c1-2-18(23)21-15-5-3-4-12(8-15)19(24)22-17-11-25-10-13-6-7-14(20)9-16(13)17/h2-9,17H,1,10-11H2,(H,21,23)(H,22,24). The molecule has 0 saturated carbocycles. The number of anilines is 1. The zero-order chi connectivity index (χ0) is 17.8. The molecule has 0 fully saturated rings. The maximum absolute atomic E-state index is 12.7. The predicted octanol–water partition coefficient (Wildman–Crippen LogP) is 4.29. The summed E-state index contributed by atoms with van der Waals surface area (Å²) in [5, 5.41) is 5.77. The van der Waals surface area contributed by atoms with E-state index in [9.17, 15) is 9.59 Å². The molecule has 0 spiro atoms. The molecule has 2 N–H and O–H groups in total. The third kappa shape index (κ3) is 4.32. The van der Waals surface area contributed by atoms with E-state index in [1.54, 1.807) is 36.0 Å². The molecule has 1 atom stereocenters. The predicted molar refractivity (Wildman–Crippen MR) is 106 cm³/mol. The summed E-state index contributed by atoms with van der Waals surface area (Å²) in [6, 6.07) is 13.0. The highest BCUT2D eigenvalue weighted by atomic mass is 79.9. The Balaban J connectivity index is 1.77. The van der Waals surface area contributed by atoms with Gasteiger partial charge in [-0.25, -0.2) is 0 Å². The van der Waals surface area contributed by atoms with Crippen molar-refractivity contribution < 1.29 is 9.59 Å². The van der Waals surface area contributed by atoms with Crippen LogP contribution in [0.1, 0.15) is 27.5 Å². The monoisotopic (exact) mass is 416 g/mol. The third-order valence-corrected chi connectivity index (χ3v) is 5.49. The first-order chi connectivity index (χ1) is 12.1. The summed E-state index contributed by atoms with van der Waals surface area (Å²) in [6.07, 6.45) is 1.20. The second-order valence-corrected chi connectivity index (χ2v) is 7.60. The van der Waals surface area contributed by atoms with Crippen LogP contribution >= 0.6 is 27.7 Å². The molecule has 0 saturated heterocycles. The maximum Gasteiger partial charge on any atom is 0.251 e. The van der Waals surface area contributed by atoms with Gasteiger partial charge in [0, 0.05) is 27.2 Å². The molecule has 1 heterocycles. The molecule has 128 valence electrons. The van der Waals surface area contributed by atoms with E-state index >= 15 is 0 Å². The Morgan fingerprint density at radius 2 is 2.08 bits per heavy atom. The minimum atomic E-state index is -0.306. The van der Waals surface area contributed by atoms with Crippen LogP contribution in [0, 0.1) is 0 Å². The van der Waals surface area contributed by atoms with Crippen molar-refractivity contribution in [2.24, 2.45) is 0 Å². The SMILES string of the molecule is C=CC(=O)Nc1cccc(C(=O)NC2CSCc3ccc(Br)cc32)c1. The van der Waals surface area contributed by atoms with Crippen LogP contribution in [0.3, 0.4) is 0 Å². The molecular weight excluding hydrogens is 400 g/mol. The van der Waals surface area contributed by atoms with Crippen molar-refractivity contribution >= 4 is 45.2 Å². The molecule has 0 aliphatic carbocycles. The fraction of sp³-hybridized carbons (Fsp3) is 0.158. The van der Waals surface area contributed by atoms with Gasteiger partial charge in [-0.1, -0.05) is 34.6 Å². The van der Waals surface area contributed by atoms with Gasteiger partial charge in [-0.2, -0.15) is 11.8 Å². The van der Waals surface area contributed by atoms with Crippen molar-refractivity contribution in [1.29, 1.82) is 0 Å². The van der Waals surface area contributed by atoms with E-state index in [4.69, 9.17) is 0 Å². The van der Waals surface area contributed by atoms with Crippen molar-refractivity contribution in [2.45, 2.75) is 11.8 Å². The average molecular weight is 417 g/mol. The first-order valence-electron chi connectivity index (χ1n) is 7.77. The molecule has 1 aliphatic heterocycles. The van der Waals surface area contributed by atoms with E-state index in [0.717, 1.165) is 21.5 Å². The van der Waals surface area contributed by atoms with E-state index < -0.39 is 0 Å². The fourth-order valence-corrected chi connectivity index (χ4v) is 4.17. The van der Waals surface area contributed by atoms with Gasteiger partial charge in [-0.3, -0.25) is 9.59 Å². The van der Waals surface area contributed by atoms with Crippen LogP contribution < -0.4 is 10.6 Å². The van der Waals surface area contributed by atoms with Crippen molar-refractivity contribution in [1.82, 2.24) is 5.32 Å². The highest BCUT2D eigenvalue weighted by Gasteiger charge is 2.23. The normalized spacial score (nSPS) is 15.8. The number of hydrogen-bond donors (Lipinski definition) is 2. The van der Waals surface area contributed by atoms with Crippen molar-refractivity contribution in [3.8, 4) is 0 Å². The first-order valence-corrected chi connectivity index (χ1v) is 9.72. The molecule has 1 unspecified atom stereocenters. The number of carbonyl (C=O) groups is 2. The van der Waals surface area contributed by atoms with Crippen LogP contribution in [-0.4, -0.2) is 17.6 Å². The highest BCUT2D eigenvalue weighted by Crippen LogP contribution is 2.33. The smallest absolute Gasteiger partial charge is 0.251 e. The fourth-order valence-electron chi connectivity index (χ4n) is 2.69. The van der Waals surface area contributed by atoms with Crippen LogP contribution in [0.2, 0.25) is 0 Å². The van der Waals surface area contributed by atoms with E-state index in [2.05, 4.69) is 45.3 Å². The van der Waals surface area contributed by atoms with Crippen LogP contribution in [0.5, 0.6) is 0 Å². The molecule has 0 aromatic heterocycles. The Hall–Kier alpha value is -2.05. The molecule has 2 amide bonds. The van der Waals surface area contributed by atoms with Gasteiger partial charge in [0.15, 0.2) is 0 Å². The summed E-state index contributed by atoms with van der Waals surface area (Å²) >= 11 is 5.31. The van der Waals surface area contributed by atoms with E-state index in [1.165, 1.54) is 11.6 Å². The molecule has 6 heteroatoms. The second kappa shape index (κ2) is 7.89. The third-order valence-electron chi connectivity index (χ3n) is 3.91. The summed E-state index contributed by atoms with van der Waals surface area (Å²) in [7, 11) is 0. The summed E-state index contributed by atoms with van der Waals surface area (Å²) in [4.78, 5) is 24.1. The van der Waals surface area contributed by atoms with Crippen LogP contribution in [0.4, 0.5) is 5.69 Å². The first kappa shape index (κ1) is 17.8. The van der Waals surface area contributed by atoms with Gasteiger partial charge in [-0.05, 0) is 47.5 Å². The van der Waals surface area contributed by atoms with E-state index in [1.807, 2.05) is 6.07 Å². The molecule has 4 nitrogen and oxygen atoms in total. The zero-order valence-electron chi connectivity index (χ0n) is 13.4. The number of halogens is 1. The van der Waals surface area contributed by atoms with Gasteiger partial charge in [0.05, 0.1) is 6.04 Å². The Labute approximate surface area is 159 Å². The van der Waals surface area contributed by atoms with Gasteiger partial charge < -0.3 is 10.6 Å². The minimum absolute atomic E-state index is 0.0369. The maximum atomic E-state index is 12.7. The van der Waals surface area contributed by atoms with Gasteiger partial charge in [0.25, 0.3) is 5.91 Å². The number of benzene rings is 2. The Morgan fingerprint density at radius 1 is 1.24 bits per heavy atom. The lowest BCUT2D eigenvalue weighted by Gasteiger charge is -2.26. The number of hydrogen-bond acceptors (Lipinski definition) is 3. The number of rotatable bonds is 4. The summed E-state index contributed by atoms with van der Waals surface area (Å²) in [6.45, 7) is 3.42. The van der Waals surface area contributed by atoms with Crippen molar-refractivity contribution in [3.63, 3.8) is 0 Å². The number of carbonyl (C=O) groups excluding carboxylic acids is 2. The molecular formula is C19H17BrN2O2S. The number of amides is 2. The minimum Gasteiger partial charge on any atom is -0.344 e. The van der Waals surface area contributed by atoms with Crippen molar-refractivity contribution in [2.75, 3.05) is 11.1 Å². The van der Waals surface area contributed by atoms with Gasteiger partial charge in [0.1, 0.15) is 0 Å². The van der Waals surface area contributed by atoms with Gasteiger partial charge in [0.2, 0.25) is 5.91 Å². The summed E-state index contributed by atoms with van der Waals surface area (Å²) in [5.41, 5.74) is 3.47. The molecule has 0 bridgehead atoms.